The van der Waals surface area contributed by atoms with Crippen molar-refractivity contribution < 1.29 is 9.59 Å². The lowest BCUT2D eigenvalue weighted by atomic mass is 10.3. The molecule has 3 nitrogen and oxygen atoms in total. The second-order valence-electron chi connectivity index (χ2n) is 2.85. The highest BCUT2D eigenvalue weighted by Crippen LogP contribution is 2.27. The van der Waals surface area contributed by atoms with Crippen molar-refractivity contribution in [2.24, 2.45) is 0 Å². The monoisotopic (exact) mass is 171 g/mol. The van der Waals surface area contributed by atoms with E-state index in [-0.39, 0.29) is 17.9 Å². The average molecular weight is 171 g/mol. The molecule has 0 bridgehead atoms. The highest BCUT2D eigenvalue weighted by Gasteiger charge is 2.37. The molecule has 2 heterocycles. The maximum atomic E-state index is 11.1. The molecule has 0 unspecified atom stereocenters. The van der Waals surface area contributed by atoms with Crippen LogP contribution in [0.25, 0.3) is 0 Å². The maximum absolute atomic E-state index is 11.1. The molecule has 0 aliphatic carbocycles. The van der Waals surface area contributed by atoms with E-state index >= 15 is 0 Å². The van der Waals surface area contributed by atoms with Gasteiger partial charge in [0.2, 0.25) is 11.8 Å². The van der Waals surface area contributed by atoms with Gasteiger partial charge >= 0.3 is 0 Å². The third-order valence-electron chi connectivity index (χ3n) is 2.08. The summed E-state index contributed by atoms with van der Waals surface area (Å²) in [7, 11) is 0. The van der Waals surface area contributed by atoms with Crippen molar-refractivity contribution in [3.8, 4) is 0 Å². The van der Waals surface area contributed by atoms with Gasteiger partial charge in [-0.2, -0.15) is 11.8 Å². The fourth-order valence-electron chi connectivity index (χ4n) is 1.37. The summed E-state index contributed by atoms with van der Waals surface area (Å²) in [5, 5.41) is 0. The topological polar surface area (TPSA) is 37.4 Å². The number of carbonyl (C=O) groups is 2. The quantitative estimate of drug-likeness (QED) is 0.531. The number of likely N-dealkylation sites (tertiary alicyclic amines) is 1. The number of rotatable bonds is 1. The number of amides is 2. The van der Waals surface area contributed by atoms with Gasteiger partial charge in [-0.3, -0.25) is 14.5 Å². The van der Waals surface area contributed by atoms with Crippen LogP contribution in [0.3, 0.4) is 0 Å². The first-order valence-corrected chi connectivity index (χ1v) is 4.87. The fourth-order valence-corrected chi connectivity index (χ4v) is 2.12. The molecule has 0 aromatic carbocycles. The van der Waals surface area contributed by atoms with E-state index in [0.29, 0.717) is 12.8 Å². The molecule has 4 heteroatoms. The molecule has 60 valence electrons. The molecule has 2 aliphatic rings. The van der Waals surface area contributed by atoms with Crippen molar-refractivity contribution in [2.45, 2.75) is 18.9 Å². The molecular weight excluding hydrogens is 162 g/mol. The Hall–Kier alpha value is -0.510. The van der Waals surface area contributed by atoms with Gasteiger partial charge < -0.3 is 0 Å². The van der Waals surface area contributed by atoms with Crippen LogP contribution in [0.15, 0.2) is 0 Å². The van der Waals surface area contributed by atoms with E-state index in [2.05, 4.69) is 0 Å². The number of hydrogen-bond acceptors (Lipinski definition) is 3. The van der Waals surface area contributed by atoms with Crippen LogP contribution in [0, 0.1) is 0 Å². The minimum Gasteiger partial charge on any atom is -0.278 e. The minimum atomic E-state index is 0.0281. The first-order valence-electron chi connectivity index (χ1n) is 3.71. The molecule has 2 aliphatic heterocycles. The van der Waals surface area contributed by atoms with E-state index in [1.54, 1.807) is 11.8 Å². The smallest absolute Gasteiger partial charge is 0.230 e. The molecule has 0 radical (unpaired) electrons. The predicted molar refractivity (Wildman–Crippen MR) is 42.2 cm³/mol. The summed E-state index contributed by atoms with van der Waals surface area (Å²) >= 11 is 1.79. The Balaban J connectivity index is 2.09. The lowest BCUT2D eigenvalue weighted by Gasteiger charge is -2.32. The van der Waals surface area contributed by atoms with Gasteiger partial charge in [0, 0.05) is 24.3 Å². The summed E-state index contributed by atoms with van der Waals surface area (Å²) in [5.74, 6) is 1.94. The molecule has 2 saturated heterocycles. The molecule has 2 amide bonds. The van der Waals surface area contributed by atoms with Gasteiger partial charge in [-0.25, -0.2) is 0 Å². The maximum Gasteiger partial charge on any atom is 0.230 e. The Morgan fingerprint density at radius 2 is 1.73 bits per heavy atom. The van der Waals surface area contributed by atoms with E-state index in [9.17, 15) is 9.59 Å². The Morgan fingerprint density at radius 1 is 1.18 bits per heavy atom. The summed E-state index contributed by atoms with van der Waals surface area (Å²) in [5.41, 5.74) is 0. The second-order valence-corrected chi connectivity index (χ2v) is 3.92. The van der Waals surface area contributed by atoms with Crippen molar-refractivity contribution >= 4 is 23.6 Å². The van der Waals surface area contributed by atoms with Gasteiger partial charge in [0.1, 0.15) is 0 Å². The Bertz CT molecular complexity index is 196. The predicted octanol–water partition coefficient (Wildman–Crippen LogP) is 0.251. The molecule has 2 fully saturated rings. The fraction of sp³-hybridized carbons (Fsp3) is 0.714. The molecule has 0 aromatic heterocycles. The standard InChI is InChI=1S/C7H9NO2S/c9-6-1-2-7(10)8(6)5-3-11-4-5/h5H,1-4H2. The number of imide groups is 1. The number of carbonyl (C=O) groups excluding carboxylic acids is 2. The molecule has 0 saturated carbocycles. The van der Waals surface area contributed by atoms with Crippen molar-refractivity contribution in [1.82, 2.24) is 4.90 Å². The van der Waals surface area contributed by atoms with Gasteiger partial charge in [-0.1, -0.05) is 0 Å². The van der Waals surface area contributed by atoms with Gasteiger partial charge in [0.15, 0.2) is 0 Å². The molecule has 11 heavy (non-hydrogen) atoms. The summed E-state index contributed by atoms with van der Waals surface area (Å²) in [4.78, 5) is 23.7. The van der Waals surface area contributed by atoms with Gasteiger partial charge in [-0.15, -0.1) is 0 Å². The summed E-state index contributed by atoms with van der Waals surface area (Å²) in [6.07, 6.45) is 0.861. The SMILES string of the molecule is O=C1CCC(=O)N1C1CSC1. The molecule has 0 atom stereocenters. The van der Waals surface area contributed by atoms with Gasteiger partial charge in [-0.05, 0) is 0 Å². The first-order chi connectivity index (χ1) is 5.29. The summed E-state index contributed by atoms with van der Waals surface area (Å²) in [6.45, 7) is 0. The van der Waals surface area contributed by atoms with E-state index in [4.69, 9.17) is 0 Å². The Morgan fingerprint density at radius 3 is 2.09 bits per heavy atom. The molecule has 0 N–H and O–H groups in total. The van der Waals surface area contributed by atoms with Crippen LogP contribution in [0.4, 0.5) is 0 Å². The molecule has 0 spiro atoms. The van der Waals surface area contributed by atoms with E-state index in [0.717, 1.165) is 11.5 Å². The lowest BCUT2D eigenvalue weighted by Crippen LogP contribution is -2.47. The first kappa shape index (κ1) is 7.16. The number of nitrogens with zero attached hydrogens (tertiary/aromatic N) is 1. The van der Waals surface area contributed by atoms with Crippen LogP contribution < -0.4 is 0 Å². The second kappa shape index (κ2) is 2.52. The highest BCUT2D eigenvalue weighted by atomic mass is 32.2. The van der Waals surface area contributed by atoms with E-state index in [1.807, 2.05) is 0 Å². The van der Waals surface area contributed by atoms with Gasteiger partial charge in [0.05, 0.1) is 6.04 Å². The number of thioether (sulfide) groups is 1. The van der Waals surface area contributed by atoms with Crippen LogP contribution in [-0.2, 0) is 9.59 Å². The molecular formula is C7H9NO2S. The van der Waals surface area contributed by atoms with E-state index in [1.165, 1.54) is 4.90 Å². The van der Waals surface area contributed by atoms with Crippen LogP contribution in [0.1, 0.15) is 12.8 Å². The third-order valence-corrected chi connectivity index (χ3v) is 3.32. The zero-order valence-corrected chi connectivity index (χ0v) is 6.89. The van der Waals surface area contributed by atoms with Crippen molar-refractivity contribution in [3.63, 3.8) is 0 Å². The molecule has 0 aromatic rings. The van der Waals surface area contributed by atoms with Crippen LogP contribution in [0.2, 0.25) is 0 Å². The third kappa shape index (κ3) is 1.05. The Kier molecular flexibility index (Phi) is 1.64. The molecule has 2 rings (SSSR count). The average Bonchev–Trinajstić information content (AvgIpc) is 2.15. The normalized spacial score (nSPS) is 26.0. The van der Waals surface area contributed by atoms with Crippen molar-refractivity contribution in [3.05, 3.63) is 0 Å². The summed E-state index contributed by atoms with van der Waals surface area (Å²) in [6, 6.07) is 0.225. The number of hydrogen-bond donors (Lipinski definition) is 0. The lowest BCUT2D eigenvalue weighted by molar-refractivity contribution is -0.140. The zero-order valence-electron chi connectivity index (χ0n) is 6.08. The van der Waals surface area contributed by atoms with E-state index < -0.39 is 0 Å². The van der Waals surface area contributed by atoms with Crippen LogP contribution in [0.5, 0.6) is 0 Å². The Labute approximate surface area is 69.1 Å². The summed E-state index contributed by atoms with van der Waals surface area (Å²) < 4.78 is 0. The largest absolute Gasteiger partial charge is 0.278 e. The highest BCUT2D eigenvalue weighted by molar-refractivity contribution is 8.00. The van der Waals surface area contributed by atoms with Crippen LogP contribution in [-0.4, -0.2) is 34.3 Å². The van der Waals surface area contributed by atoms with Crippen molar-refractivity contribution in [2.75, 3.05) is 11.5 Å². The zero-order chi connectivity index (χ0) is 7.84. The van der Waals surface area contributed by atoms with Gasteiger partial charge in [0.25, 0.3) is 0 Å². The van der Waals surface area contributed by atoms with Crippen LogP contribution >= 0.6 is 11.8 Å². The minimum absolute atomic E-state index is 0.0281. The van der Waals surface area contributed by atoms with Crippen molar-refractivity contribution in [1.29, 1.82) is 0 Å².